The number of nitrogens with zero attached hydrogens (tertiary/aromatic N) is 3. The van der Waals surface area contributed by atoms with E-state index in [2.05, 4.69) is 20.9 Å². The fourth-order valence-electron chi connectivity index (χ4n) is 1.72. The van der Waals surface area contributed by atoms with Gasteiger partial charge in [0.15, 0.2) is 10.8 Å². The molecule has 2 N–H and O–H groups in total. The van der Waals surface area contributed by atoms with Crippen molar-refractivity contribution in [2.24, 2.45) is 5.16 Å². The smallest absolute Gasteiger partial charge is 0.294 e. The number of amides is 2. The number of anilines is 2. The summed E-state index contributed by atoms with van der Waals surface area (Å²) in [4.78, 5) is 31.7. The zero-order valence-corrected chi connectivity index (χ0v) is 13.3. The molecule has 1 heterocycles. The highest BCUT2D eigenvalue weighted by Gasteiger charge is 2.20. The van der Waals surface area contributed by atoms with Crippen LogP contribution in [0.3, 0.4) is 0 Å². The fourth-order valence-corrected chi connectivity index (χ4v) is 2.37. The Morgan fingerprint density at radius 1 is 1.39 bits per heavy atom. The van der Waals surface area contributed by atoms with Crippen LogP contribution in [0, 0.1) is 0 Å². The minimum atomic E-state index is -0.485. The first kappa shape index (κ1) is 16.4. The number of hydrogen-bond donors (Lipinski definition) is 2. The molecule has 8 nitrogen and oxygen atoms in total. The lowest BCUT2D eigenvalue weighted by Crippen LogP contribution is -2.43. The van der Waals surface area contributed by atoms with Gasteiger partial charge in [0.1, 0.15) is 12.8 Å². The predicted molar refractivity (Wildman–Crippen MR) is 88.3 cm³/mol. The Labute approximate surface area is 136 Å². The van der Waals surface area contributed by atoms with Gasteiger partial charge in [0.25, 0.3) is 5.91 Å². The van der Waals surface area contributed by atoms with E-state index in [4.69, 9.17) is 4.84 Å². The van der Waals surface area contributed by atoms with E-state index in [0.29, 0.717) is 17.2 Å². The number of oxime groups is 1. The highest BCUT2D eigenvalue weighted by atomic mass is 32.1. The fraction of sp³-hybridized carbons (Fsp3) is 0.143. The Balaban J connectivity index is 2.15. The van der Waals surface area contributed by atoms with Crippen LogP contribution in [-0.2, 0) is 14.4 Å². The van der Waals surface area contributed by atoms with Crippen LogP contribution in [0.15, 0.2) is 40.9 Å². The van der Waals surface area contributed by atoms with Gasteiger partial charge in [-0.3, -0.25) is 20.0 Å². The van der Waals surface area contributed by atoms with E-state index in [1.165, 1.54) is 18.4 Å². The molecule has 1 aromatic carbocycles. The second-order valence-corrected chi connectivity index (χ2v) is 5.12. The van der Waals surface area contributed by atoms with E-state index in [0.717, 1.165) is 5.69 Å². The number of rotatable bonds is 7. The summed E-state index contributed by atoms with van der Waals surface area (Å²) in [6.07, 6.45) is 0.513. The summed E-state index contributed by atoms with van der Waals surface area (Å²) in [6.45, 7) is 0. The molecule has 2 amide bonds. The zero-order chi connectivity index (χ0) is 16.7. The molecule has 0 radical (unpaired) electrons. The van der Waals surface area contributed by atoms with Crippen molar-refractivity contribution in [3.63, 3.8) is 0 Å². The van der Waals surface area contributed by atoms with Crippen molar-refractivity contribution in [3.05, 3.63) is 41.4 Å². The second kappa shape index (κ2) is 7.90. The molecule has 0 aliphatic heterocycles. The first-order valence-electron chi connectivity index (χ1n) is 6.52. The van der Waals surface area contributed by atoms with E-state index in [-0.39, 0.29) is 5.71 Å². The van der Waals surface area contributed by atoms with E-state index in [9.17, 15) is 9.59 Å². The minimum Gasteiger partial charge on any atom is -0.398 e. The van der Waals surface area contributed by atoms with Crippen LogP contribution in [-0.4, -0.2) is 37.2 Å². The van der Waals surface area contributed by atoms with Gasteiger partial charge in [-0.25, -0.2) is 4.98 Å². The molecule has 1 aromatic heterocycles. The quantitative estimate of drug-likeness (QED) is 0.451. The third-order valence-electron chi connectivity index (χ3n) is 2.74. The van der Waals surface area contributed by atoms with Crippen LogP contribution < -0.4 is 15.8 Å². The Morgan fingerprint density at radius 2 is 2.13 bits per heavy atom. The number of carbonyl (C=O) groups is 2. The predicted octanol–water partition coefficient (Wildman–Crippen LogP) is 1.23. The van der Waals surface area contributed by atoms with E-state index < -0.39 is 5.91 Å². The molecule has 0 atom stereocenters. The molecule has 0 saturated heterocycles. The van der Waals surface area contributed by atoms with Crippen molar-refractivity contribution >= 4 is 40.2 Å². The first-order valence-corrected chi connectivity index (χ1v) is 7.40. The Hall–Kier alpha value is -2.94. The average molecular weight is 333 g/mol. The van der Waals surface area contributed by atoms with Gasteiger partial charge in [-0.15, -0.1) is 11.3 Å². The molecule has 0 bridgehead atoms. The number of para-hydroxylation sites is 1. The van der Waals surface area contributed by atoms with Gasteiger partial charge < -0.3 is 10.2 Å². The van der Waals surface area contributed by atoms with Crippen molar-refractivity contribution in [3.8, 4) is 0 Å². The van der Waals surface area contributed by atoms with Crippen molar-refractivity contribution in [2.75, 3.05) is 24.5 Å². The Morgan fingerprint density at radius 3 is 2.78 bits per heavy atom. The lowest BCUT2D eigenvalue weighted by molar-refractivity contribution is -0.115. The summed E-state index contributed by atoms with van der Waals surface area (Å²) < 4.78 is 0. The molecule has 120 valence electrons. The molecular weight excluding hydrogens is 318 g/mol. The number of benzene rings is 1. The summed E-state index contributed by atoms with van der Waals surface area (Å²) in [5.41, 5.74) is 3.79. The molecule has 9 heteroatoms. The van der Waals surface area contributed by atoms with E-state index >= 15 is 0 Å². The van der Waals surface area contributed by atoms with Crippen molar-refractivity contribution in [1.29, 1.82) is 0 Å². The molecule has 0 aliphatic rings. The lowest BCUT2D eigenvalue weighted by atomic mass is 10.3. The maximum Gasteiger partial charge on any atom is 0.294 e. The van der Waals surface area contributed by atoms with Crippen LogP contribution in [0.1, 0.15) is 5.69 Å². The van der Waals surface area contributed by atoms with Gasteiger partial charge in [0.05, 0.1) is 5.69 Å². The van der Waals surface area contributed by atoms with Gasteiger partial charge in [-0.1, -0.05) is 23.4 Å². The molecule has 0 unspecified atom stereocenters. The van der Waals surface area contributed by atoms with Crippen LogP contribution in [0.25, 0.3) is 0 Å². The molecule has 0 fully saturated rings. The van der Waals surface area contributed by atoms with Gasteiger partial charge in [0, 0.05) is 12.4 Å². The standard InChI is InChI=1S/C14H15N5O3S/c1-19(10-6-4-3-5-7-10)17-13(21)12(18-22-2)11-8-23-14(16-11)15-9-20/h3-9H,1-2H3,(H,17,21)(H,15,16,20)/b18-12+. The molecule has 23 heavy (non-hydrogen) atoms. The summed E-state index contributed by atoms with van der Waals surface area (Å²) in [5, 5.41) is 9.67. The lowest BCUT2D eigenvalue weighted by Gasteiger charge is -2.20. The molecule has 2 rings (SSSR count). The number of hydrazine groups is 1. The van der Waals surface area contributed by atoms with Crippen LogP contribution in [0.4, 0.5) is 10.8 Å². The topological polar surface area (TPSA) is 95.9 Å². The SMILES string of the molecule is CO/N=C(/C(=O)NN(C)c1ccccc1)c1csc(NC=O)n1. The monoisotopic (exact) mass is 333 g/mol. The molecule has 0 aliphatic carbocycles. The van der Waals surface area contributed by atoms with Crippen LogP contribution >= 0.6 is 11.3 Å². The van der Waals surface area contributed by atoms with E-state index in [1.54, 1.807) is 17.4 Å². The second-order valence-electron chi connectivity index (χ2n) is 4.26. The normalized spacial score (nSPS) is 10.8. The van der Waals surface area contributed by atoms with Crippen LogP contribution in [0.5, 0.6) is 0 Å². The highest BCUT2D eigenvalue weighted by molar-refractivity contribution is 7.14. The number of thiazole rings is 1. The van der Waals surface area contributed by atoms with Crippen molar-refractivity contribution < 1.29 is 14.4 Å². The Bertz CT molecular complexity index is 701. The first-order chi connectivity index (χ1) is 11.2. The van der Waals surface area contributed by atoms with Crippen LogP contribution in [0.2, 0.25) is 0 Å². The van der Waals surface area contributed by atoms with Gasteiger partial charge in [0.2, 0.25) is 6.41 Å². The van der Waals surface area contributed by atoms with Gasteiger partial charge in [-0.05, 0) is 12.1 Å². The van der Waals surface area contributed by atoms with Crippen molar-refractivity contribution in [1.82, 2.24) is 10.4 Å². The Kier molecular flexibility index (Phi) is 5.64. The average Bonchev–Trinajstić information content (AvgIpc) is 3.02. The number of nitrogens with one attached hydrogen (secondary N) is 2. The number of aromatic nitrogens is 1. The largest absolute Gasteiger partial charge is 0.398 e. The van der Waals surface area contributed by atoms with Gasteiger partial charge in [-0.2, -0.15) is 0 Å². The summed E-state index contributed by atoms with van der Waals surface area (Å²) in [6, 6.07) is 9.30. The maximum absolute atomic E-state index is 12.4. The van der Waals surface area contributed by atoms with E-state index in [1.807, 2.05) is 30.3 Å². The highest BCUT2D eigenvalue weighted by Crippen LogP contribution is 2.16. The van der Waals surface area contributed by atoms with Crippen molar-refractivity contribution in [2.45, 2.75) is 0 Å². The molecule has 0 spiro atoms. The molecule has 2 aromatic rings. The minimum absolute atomic E-state index is 0.00507. The zero-order valence-electron chi connectivity index (χ0n) is 12.5. The summed E-state index contributed by atoms with van der Waals surface area (Å²) >= 11 is 1.18. The number of carbonyl (C=O) groups excluding carboxylic acids is 2. The molecule has 0 saturated carbocycles. The van der Waals surface area contributed by atoms with Gasteiger partial charge >= 0.3 is 0 Å². The summed E-state index contributed by atoms with van der Waals surface area (Å²) in [5.74, 6) is -0.485. The molecular formula is C14H15N5O3S. The summed E-state index contributed by atoms with van der Waals surface area (Å²) in [7, 11) is 3.04. The third kappa shape index (κ3) is 4.27. The third-order valence-corrected chi connectivity index (χ3v) is 3.51. The maximum atomic E-state index is 12.4. The number of hydrogen-bond acceptors (Lipinski definition) is 7.